The maximum absolute atomic E-state index is 11.6. The summed E-state index contributed by atoms with van der Waals surface area (Å²) in [6.07, 6.45) is 6.48. The second kappa shape index (κ2) is 4.32. The fraction of sp³-hybridized carbons (Fsp3) is 0.667. The van der Waals surface area contributed by atoms with E-state index in [1.54, 1.807) is 0 Å². The van der Waals surface area contributed by atoms with E-state index in [1.807, 2.05) is 0 Å². The zero-order valence-electron chi connectivity index (χ0n) is 11.3. The molecule has 0 aromatic heterocycles. The second-order valence-corrected chi connectivity index (χ2v) is 5.82. The molecule has 0 aromatic carbocycles. The molecule has 0 fully saturated rings. The monoisotopic (exact) mass is 234 g/mol. The highest BCUT2D eigenvalue weighted by atomic mass is 16.5. The predicted molar refractivity (Wildman–Crippen MR) is 68.5 cm³/mol. The molecule has 2 heteroatoms. The van der Waals surface area contributed by atoms with Gasteiger partial charge in [0.25, 0.3) is 0 Å². The van der Waals surface area contributed by atoms with Crippen molar-refractivity contribution in [1.29, 1.82) is 0 Å². The van der Waals surface area contributed by atoms with E-state index in [2.05, 4.69) is 26.8 Å². The smallest absolute Gasteiger partial charge is 0.333 e. The van der Waals surface area contributed by atoms with Crippen LogP contribution in [-0.4, -0.2) is 13.1 Å². The third-order valence-electron chi connectivity index (χ3n) is 4.35. The first-order chi connectivity index (χ1) is 7.98. The molecular formula is C15H22O2. The lowest BCUT2D eigenvalue weighted by Crippen LogP contribution is -2.22. The molecule has 1 unspecified atom stereocenters. The van der Waals surface area contributed by atoms with Gasteiger partial charge in [-0.15, -0.1) is 0 Å². The van der Waals surface area contributed by atoms with Crippen molar-refractivity contribution in [3.63, 3.8) is 0 Å². The van der Waals surface area contributed by atoms with Crippen LogP contribution in [0.5, 0.6) is 0 Å². The maximum atomic E-state index is 11.6. The van der Waals surface area contributed by atoms with Crippen molar-refractivity contribution in [3.8, 4) is 0 Å². The highest BCUT2D eigenvalue weighted by Gasteiger charge is 2.39. The molecule has 0 aromatic rings. The first-order valence-corrected chi connectivity index (χ1v) is 6.50. The molecule has 2 aliphatic carbocycles. The van der Waals surface area contributed by atoms with Crippen LogP contribution < -0.4 is 0 Å². The third-order valence-corrected chi connectivity index (χ3v) is 4.35. The highest BCUT2D eigenvalue weighted by Crippen LogP contribution is 2.51. The Hall–Kier alpha value is -1.05. The number of fused-ring (bicyclic) bond motifs is 1. The number of esters is 1. The fourth-order valence-electron chi connectivity index (χ4n) is 3.14. The average molecular weight is 234 g/mol. The number of ether oxygens (including phenoxy) is 1. The van der Waals surface area contributed by atoms with Gasteiger partial charge < -0.3 is 4.74 Å². The van der Waals surface area contributed by atoms with E-state index >= 15 is 0 Å². The van der Waals surface area contributed by atoms with E-state index in [1.165, 1.54) is 31.1 Å². The van der Waals surface area contributed by atoms with Crippen LogP contribution in [0.15, 0.2) is 22.8 Å². The van der Waals surface area contributed by atoms with Gasteiger partial charge in [0.2, 0.25) is 0 Å². The van der Waals surface area contributed by atoms with Gasteiger partial charge in [-0.25, -0.2) is 4.79 Å². The van der Waals surface area contributed by atoms with Gasteiger partial charge in [-0.1, -0.05) is 26.3 Å². The van der Waals surface area contributed by atoms with Crippen LogP contribution in [0.25, 0.3) is 0 Å². The van der Waals surface area contributed by atoms with Crippen molar-refractivity contribution < 1.29 is 9.53 Å². The molecule has 0 bridgehead atoms. The van der Waals surface area contributed by atoms with Gasteiger partial charge in [0.05, 0.1) is 7.11 Å². The zero-order valence-corrected chi connectivity index (χ0v) is 11.3. The Bertz CT molecular complexity index is 401. The average Bonchev–Trinajstić information content (AvgIpc) is 2.64. The molecule has 0 spiro atoms. The molecule has 17 heavy (non-hydrogen) atoms. The summed E-state index contributed by atoms with van der Waals surface area (Å²) in [6.45, 7) is 6.82. The number of rotatable bonds is 2. The maximum Gasteiger partial charge on any atom is 0.333 e. The quantitative estimate of drug-likeness (QED) is 0.682. The Morgan fingerprint density at radius 3 is 2.59 bits per heavy atom. The normalized spacial score (nSPS) is 28.2. The van der Waals surface area contributed by atoms with Crippen molar-refractivity contribution in [3.05, 3.63) is 22.8 Å². The zero-order chi connectivity index (χ0) is 12.6. The summed E-state index contributed by atoms with van der Waals surface area (Å²) < 4.78 is 4.84. The third kappa shape index (κ3) is 2.05. The Morgan fingerprint density at radius 2 is 2.00 bits per heavy atom. The van der Waals surface area contributed by atoms with Crippen molar-refractivity contribution >= 4 is 5.97 Å². The lowest BCUT2D eigenvalue weighted by atomic mass is 9.73. The molecule has 0 saturated carbocycles. The van der Waals surface area contributed by atoms with Crippen LogP contribution >= 0.6 is 0 Å². The number of carbonyl (C=O) groups is 1. The minimum Gasteiger partial charge on any atom is -0.466 e. The van der Waals surface area contributed by atoms with Gasteiger partial charge in [-0.3, -0.25) is 0 Å². The summed E-state index contributed by atoms with van der Waals surface area (Å²) in [5.41, 5.74) is 4.10. The summed E-state index contributed by atoms with van der Waals surface area (Å²) >= 11 is 0. The molecule has 0 saturated heterocycles. The van der Waals surface area contributed by atoms with Gasteiger partial charge in [-0.2, -0.15) is 0 Å². The molecule has 0 heterocycles. The highest BCUT2D eigenvalue weighted by molar-refractivity contribution is 5.89. The molecule has 1 atom stereocenters. The molecule has 0 aliphatic heterocycles. The van der Waals surface area contributed by atoms with Gasteiger partial charge in [0, 0.05) is 5.57 Å². The molecule has 0 radical (unpaired) electrons. The van der Waals surface area contributed by atoms with E-state index in [9.17, 15) is 4.79 Å². The molecule has 2 aliphatic rings. The molecule has 2 nitrogen and oxygen atoms in total. The van der Waals surface area contributed by atoms with Gasteiger partial charge in [-0.05, 0) is 48.7 Å². The summed E-state index contributed by atoms with van der Waals surface area (Å²) in [5.74, 6) is 0.426. The van der Waals surface area contributed by atoms with Crippen molar-refractivity contribution in [1.82, 2.24) is 0 Å². The summed E-state index contributed by atoms with van der Waals surface area (Å²) in [7, 11) is 1.46. The van der Waals surface area contributed by atoms with Crippen LogP contribution in [-0.2, 0) is 9.53 Å². The van der Waals surface area contributed by atoms with Gasteiger partial charge in [0.15, 0.2) is 0 Å². The predicted octanol–water partition coefficient (Wildman–Crippen LogP) is 3.63. The largest absolute Gasteiger partial charge is 0.466 e. The van der Waals surface area contributed by atoms with E-state index < -0.39 is 0 Å². The number of methoxy groups -OCH3 is 1. The molecule has 0 N–H and O–H groups in total. The SMILES string of the molecule is COC(=O)C1=CC2=C(C(C)C)CCC2(C)CC1. The minimum absolute atomic E-state index is 0.158. The Kier molecular flexibility index (Phi) is 3.15. The van der Waals surface area contributed by atoms with Crippen LogP contribution in [0.2, 0.25) is 0 Å². The number of hydrogen-bond acceptors (Lipinski definition) is 2. The Morgan fingerprint density at radius 1 is 1.35 bits per heavy atom. The molecule has 0 amide bonds. The first-order valence-electron chi connectivity index (χ1n) is 6.50. The van der Waals surface area contributed by atoms with Crippen LogP contribution in [0.4, 0.5) is 0 Å². The Balaban J connectivity index is 2.41. The standard InChI is InChI=1S/C15H22O2/c1-10(2)12-6-8-15(3)7-5-11(9-13(12)15)14(16)17-4/h9-10H,5-8H2,1-4H3. The minimum atomic E-state index is -0.158. The number of carbonyl (C=O) groups excluding carboxylic acids is 1. The number of allylic oxidation sites excluding steroid dienone is 3. The van der Waals surface area contributed by atoms with Crippen LogP contribution in [0.1, 0.15) is 46.5 Å². The Labute approximate surface area is 104 Å². The lowest BCUT2D eigenvalue weighted by molar-refractivity contribution is -0.136. The van der Waals surface area contributed by atoms with Gasteiger partial charge >= 0.3 is 5.97 Å². The van der Waals surface area contributed by atoms with E-state index in [-0.39, 0.29) is 5.97 Å². The van der Waals surface area contributed by atoms with E-state index in [0.717, 1.165) is 18.4 Å². The molecular weight excluding hydrogens is 212 g/mol. The number of hydrogen-bond donors (Lipinski definition) is 0. The van der Waals surface area contributed by atoms with Crippen molar-refractivity contribution in [2.45, 2.75) is 46.5 Å². The summed E-state index contributed by atoms with van der Waals surface area (Å²) in [4.78, 5) is 11.6. The topological polar surface area (TPSA) is 26.3 Å². The summed E-state index contributed by atoms with van der Waals surface area (Å²) in [6, 6.07) is 0. The lowest BCUT2D eigenvalue weighted by Gasteiger charge is -2.31. The van der Waals surface area contributed by atoms with Gasteiger partial charge in [0.1, 0.15) is 0 Å². The van der Waals surface area contributed by atoms with Crippen molar-refractivity contribution in [2.24, 2.45) is 11.3 Å². The van der Waals surface area contributed by atoms with Crippen molar-refractivity contribution in [2.75, 3.05) is 7.11 Å². The molecule has 2 rings (SSSR count). The molecule has 94 valence electrons. The van der Waals surface area contributed by atoms with E-state index in [0.29, 0.717) is 11.3 Å². The summed E-state index contributed by atoms with van der Waals surface area (Å²) in [5, 5.41) is 0. The van der Waals surface area contributed by atoms with Crippen LogP contribution in [0, 0.1) is 11.3 Å². The van der Waals surface area contributed by atoms with E-state index in [4.69, 9.17) is 4.74 Å². The fourth-order valence-corrected chi connectivity index (χ4v) is 3.14. The first kappa shape index (κ1) is 12.4. The van der Waals surface area contributed by atoms with Crippen LogP contribution in [0.3, 0.4) is 0 Å². The second-order valence-electron chi connectivity index (χ2n) is 5.82.